The molecule has 2 unspecified atom stereocenters. The molecule has 1 aromatic rings. The van der Waals surface area contributed by atoms with E-state index in [-0.39, 0.29) is 6.04 Å². The average Bonchev–Trinajstić information content (AvgIpc) is 2.74. The molecule has 0 spiro atoms. The standard InChI is InChI=1S/C12H24N4O/c1-6-7-13-10(5)11-15-16-12(17-11)14-9(4)8(2)3/h8-10,13H,6-7H2,1-5H3,(H,14,16). The lowest BCUT2D eigenvalue weighted by molar-refractivity contribution is 0.417. The van der Waals surface area contributed by atoms with E-state index in [1.165, 1.54) is 0 Å². The van der Waals surface area contributed by atoms with Gasteiger partial charge >= 0.3 is 6.01 Å². The van der Waals surface area contributed by atoms with Gasteiger partial charge in [0.05, 0.1) is 6.04 Å². The zero-order chi connectivity index (χ0) is 12.8. The third-order valence-corrected chi connectivity index (χ3v) is 2.86. The molecule has 0 amide bonds. The summed E-state index contributed by atoms with van der Waals surface area (Å²) in [5.74, 6) is 1.16. The summed E-state index contributed by atoms with van der Waals surface area (Å²) in [4.78, 5) is 0. The van der Waals surface area contributed by atoms with E-state index < -0.39 is 0 Å². The minimum Gasteiger partial charge on any atom is -0.406 e. The first-order valence-corrected chi connectivity index (χ1v) is 6.37. The summed E-state index contributed by atoms with van der Waals surface area (Å²) in [5.41, 5.74) is 0. The summed E-state index contributed by atoms with van der Waals surface area (Å²) in [6.45, 7) is 11.5. The SMILES string of the molecule is CCCNC(C)c1nnc(NC(C)C(C)C)o1. The molecule has 98 valence electrons. The van der Waals surface area contributed by atoms with Gasteiger partial charge in [0.2, 0.25) is 5.89 Å². The van der Waals surface area contributed by atoms with Crippen LogP contribution in [-0.4, -0.2) is 22.8 Å². The van der Waals surface area contributed by atoms with Crippen LogP contribution in [0.2, 0.25) is 0 Å². The number of hydrogen-bond acceptors (Lipinski definition) is 5. The molecule has 1 rings (SSSR count). The Morgan fingerprint density at radius 1 is 1.18 bits per heavy atom. The Hall–Kier alpha value is -1.10. The molecule has 0 saturated carbocycles. The van der Waals surface area contributed by atoms with Gasteiger partial charge in [0, 0.05) is 6.04 Å². The summed E-state index contributed by atoms with van der Waals surface area (Å²) in [5, 5.41) is 14.6. The lowest BCUT2D eigenvalue weighted by Crippen LogP contribution is -2.21. The van der Waals surface area contributed by atoms with Gasteiger partial charge in [-0.1, -0.05) is 25.9 Å². The lowest BCUT2D eigenvalue weighted by Gasteiger charge is -2.15. The second-order valence-corrected chi connectivity index (χ2v) is 4.80. The summed E-state index contributed by atoms with van der Waals surface area (Å²) < 4.78 is 5.57. The lowest BCUT2D eigenvalue weighted by atomic mass is 10.1. The molecular weight excluding hydrogens is 216 g/mol. The average molecular weight is 240 g/mol. The van der Waals surface area contributed by atoms with E-state index in [4.69, 9.17) is 4.42 Å². The van der Waals surface area contributed by atoms with Crippen molar-refractivity contribution in [3.05, 3.63) is 5.89 Å². The number of anilines is 1. The zero-order valence-electron chi connectivity index (χ0n) is 11.4. The fourth-order valence-corrected chi connectivity index (χ4v) is 1.28. The van der Waals surface area contributed by atoms with E-state index >= 15 is 0 Å². The number of nitrogens with one attached hydrogen (secondary N) is 2. The van der Waals surface area contributed by atoms with Crippen LogP contribution in [0.25, 0.3) is 0 Å². The van der Waals surface area contributed by atoms with Gasteiger partial charge in [0.15, 0.2) is 0 Å². The monoisotopic (exact) mass is 240 g/mol. The van der Waals surface area contributed by atoms with E-state index in [9.17, 15) is 0 Å². The second kappa shape index (κ2) is 6.59. The third-order valence-electron chi connectivity index (χ3n) is 2.86. The molecule has 17 heavy (non-hydrogen) atoms. The van der Waals surface area contributed by atoms with Crippen LogP contribution < -0.4 is 10.6 Å². The predicted octanol–water partition coefficient (Wildman–Crippen LogP) is 2.59. The van der Waals surface area contributed by atoms with Gasteiger partial charge in [-0.15, -0.1) is 5.10 Å². The van der Waals surface area contributed by atoms with E-state index in [1.54, 1.807) is 0 Å². The number of rotatable bonds is 7. The summed E-state index contributed by atoms with van der Waals surface area (Å²) in [7, 11) is 0. The molecule has 1 heterocycles. The van der Waals surface area contributed by atoms with Crippen LogP contribution in [0.3, 0.4) is 0 Å². The van der Waals surface area contributed by atoms with Crippen molar-refractivity contribution in [2.75, 3.05) is 11.9 Å². The van der Waals surface area contributed by atoms with Crippen LogP contribution >= 0.6 is 0 Å². The first-order valence-electron chi connectivity index (χ1n) is 6.37. The fraction of sp³-hybridized carbons (Fsp3) is 0.833. The normalized spacial score (nSPS) is 14.9. The highest BCUT2D eigenvalue weighted by Gasteiger charge is 2.15. The third kappa shape index (κ3) is 4.34. The Morgan fingerprint density at radius 2 is 1.88 bits per heavy atom. The number of hydrogen-bond donors (Lipinski definition) is 2. The van der Waals surface area contributed by atoms with Crippen molar-refractivity contribution >= 4 is 6.01 Å². The molecule has 5 heteroatoms. The Morgan fingerprint density at radius 3 is 2.47 bits per heavy atom. The molecule has 0 bridgehead atoms. The van der Waals surface area contributed by atoms with Crippen molar-refractivity contribution < 1.29 is 4.42 Å². The van der Waals surface area contributed by atoms with Gasteiger partial charge in [-0.3, -0.25) is 0 Å². The minimum absolute atomic E-state index is 0.104. The largest absolute Gasteiger partial charge is 0.406 e. The molecule has 1 aromatic heterocycles. The Kier molecular flexibility index (Phi) is 5.41. The van der Waals surface area contributed by atoms with Crippen molar-refractivity contribution in [2.24, 2.45) is 5.92 Å². The van der Waals surface area contributed by atoms with Crippen LogP contribution in [0.5, 0.6) is 0 Å². The molecule has 0 radical (unpaired) electrons. The molecule has 0 fully saturated rings. The Balaban J connectivity index is 2.52. The van der Waals surface area contributed by atoms with E-state index in [1.807, 2.05) is 6.92 Å². The summed E-state index contributed by atoms with van der Waals surface area (Å²) >= 11 is 0. The van der Waals surface area contributed by atoms with Crippen LogP contribution in [0, 0.1) is 5.92 Å². The predicted molar refractivity (Wildman–Crippen MR) is 68.9 cm³/mol. The van der Waals surface area contributed by atoms with Crippen molar-refractivity contribution in [1.82, 2.24) is 15.5 Å². The topological polar surface area (TPSA) is 63.0 Å². The smallest absolute Gasteiger partial charge is 0.315 e. The maximum atomic E-state index is 5.57. The van der Waals surface area contributed by atoms with Crippen molar-refractivity contribution in [1.29, 1.82) is 0 Å². The first-order chi connectivity index (χ1) is 8.04. The zero-order valence-corrected chi connectivity index (χ0v) is 11.4. The molecule has 0 saturated heterocycles. The number of nitrogens with zero attached hydrogens (tertiary/aromatic N) is 2. The molecular formula is C12H24N4O. The molecule has 0 aliphatic rings. The molecule has 0 aliphatic carbocycles. The van der Waals surface area contributed by atoms with Crippen LogP contribution in [0.1, 0.15) is 53.0 Å². The van der Waals surface area contributed by atoms with Gasteiger partial charge < -0.3 is 15.1 Å². The van der Waals surface area contributed by atoms with Gasteiger partial charge in [0.25, 0.3) is 0 Å². The fourth-order valence-electron chi connectivity index (χ4n) is 1.28. The minimum atomic E-state index is 0.104. The van der Waals surface area contributed by atoms with Gasteiger partial charge in [0.1, 0.15) is 0 Å². The maximum absolute atomic E-state index is 5.57. The van der Waals surface area contributed by atoms with Crippen LogP contribution in [0.15, 0.2) is 4.42 Å². The van der Waals surface area contributed by atoms with Crippen molar-refractivity contribution in [3.8, 4) is 0 Å². The van der Waals surface area contributed by atoms with Crippen molar-refractivity contribution in [2.45, 2.75) is 53.1 Å². The highest BCUT2D eigenvalue weighted by atomic mass is 16.4. The van der Waals surface area contributed by atoms with E-state index in [0.29, 0.717) is 23.9 Å². The maximum Gasteiger partial charge on any atom is 0.315 e. The van der Waals surface area contributed by atoms with Crippen LogP contribution in [-0.2, 0) is 0 Å². The molecule has 2 N–H and O–H groups in total. The van der Waals surface area contributed by atoms with E-state index in [2.05, 4.69) is 48.5 Å². The summed E-state index contributed by atoms with van der Waals surface area (Å²) in [6.07, 6.45) is 1.09. The van der Waals surface area contributed by atoms with Crippen LogP contribution in [0.4, 0.5) is 6.01 Å². The quantitative estimate of drug-likeness (QED) is 0.767. The molecule has 2 atom stereocenters. The molecule has 0 aromatic carbocycles. The number of aromatic nitrogens is 2. The Bertz CT molecular complexity index is 324. The second-order valence-electron chi connectivity index (χ2n) is 4.80. The first kappa shape index (κ1) is 14.0. The molecule has 0 aliphatic heterocycles. The summed E-state index contributed by atoms with van der Waals surface area (Å²) in [6, 6.07) is 0.931. The molecule has 5 nitrogen and oxygen atoms in total. The highest BCUT2D eigenvalue weighted by molar-refractivity contribution is 5.19. The van der Waals surface area contributed by atoms with E-state index in [0.717, 1.165) is 13.0 Å². The van der Waals surface area contributed by atoms with Gasteiger partial charge in [-0.25, -0.2) is 0 Å². The van der Waals surface area contributed by atoms with Crippen molar-refractivity contribution in [3.63, 3.8) is 0 Å². The highest BCUT2D eigenvalue weighted by Crippen LogP contribution is 2.15. The van der Waals surface area contributed by atoms with Gasteiger partial charge in [-0.05, 0) is 32.7 Å². The van der Waals surface area contributed by atoms with Gasteiger partial charge in [-0.2, -0.15) is 0 Å². The Labute approximate surface area is 103 Å².